The van der Waals surface area contributed by atoms with E-state index in [0.29, 0.717) is 23.6 Å². The molecule has 0 heterocycles. The van der Waals surface area contributed by atoms with Crippen molar-refractivity contribution >= 4 is 29.9 Å². The fourth-order valence-corrected chi connectivity index (χ4v) is 2.45. The average Bonchev–Trinajstić information content (AvgIpc) is 2.65. The number of nitrogens with one attached hydrogen (secondary N) is 2. The van der Waals surface area contributed by atoms with Crippen molar-refractivity contribution in [2.45, 2.75) is 26.3 Å². The van der Waals surface area contributed by atoms with E-state index in [1.807, 2.05) is 0 Å². The summed E-state index contributed by atoms with van der Waals surface area (Å²) in [5, 5.41) is 6.13. The third kappa shape index (κ3) is 7.55. The maximum absolute atomic E-state index is 13.7. The number of hydrogen-bond donors (Lipinski definition) is 2. The number of rotatable bonds is 8. The minimum absolute atomic E-state index is 0. The molecule has 0 unspecified atom stereocenters. The molecule has 0 radical (unpaired) electrons. The number of benzene rings is 2. The Balaban J connectivity index is 0.00000392. The van der Waals surface area contributed by atoms with E-state index in [2.05, 4.69) is 20.4 Å². The summed E-state index contributed by atoms with van der Waals surface area (Å²) < 4.78 is 48.1. The number of alkyl halides is 2. The van der Waals surface area contributed by atoms with Crippen LogP contribution in [0, 0.1) is 5.82 Å². The number of aliphatic imine (C=N–C) groups is 1. The minimum Gasteiger partial charge on any atom is -0.434 e. The minimum atomic E-state index is -2.89. The molecule has 0 atom stereocenters. The molecule has 0 aliphatic heterocycles. The van der Waals surface area contributed by atoms with Crippen LogP contribution in [0.5, 0.6) is 5.75 Å². The highest BCUT2D eigenvalue weighted by atomic mass is 127. The Hall–Kier alpha value is -2.01. The van der Waals surface area contributed by atoms with Gasteiger partial charge in [-0.1, -0.05) is 24.3 Å². The van der Waals surface area contributed by atoms with Gasteiger partial charge in [-0.05, 0) is 23.8 Å². The lowest BCUT2D eigenvalue weighted by Gasteiger charge is -2.15. The van der Waals surface area contributed by atoms with Crippen LogP contribution in [0.4, 0.5) is 13.2 Å². The summed E-state index contributed by atoms with van der Waals surface area (Å²) >= 11 is 0. The first kappa shape index (κ1) is 24.0. The third-order valence-electron chi connectivity index (χ3n) is 3.73. The van der Waals surface area contributed by atoms with Crippen LogP contribution in [0.3, 0.4) is 0 Å². The van der Waals surface area contributed by atoms with Gasteiger partial charge in [-0.2, -0.15) is 8.78 Å². The third-order valence-corrected chi connectivity index (χ3v) is 3.73. The van der Waals surface area contributed by atoms with Gasteiger partial charge in [0.25, 0.3) is 0 Å². The quantitative estimate of drug-likeness (QED) is 0.321. The predicted octanol–water partition coefficient (Wildman–Crippen LogP) is 4.06. The molecule has 2 N–H and O–H groups in total. The molecule has 2 rings (SSSR count). The summed E-state index contributed by atoms with van der Waals surface area (Å²) in [6.45, 7) is -2.04. The summed E-state index contributed by atoms with van der Waals surface area (Å²) in [5.74, 6) is 0.261. The average molecular weight is 509 g/mol. The normalized spacial score (nSPS) is 11.1. The Kier molecular flexibility index (Phi) is 10.7. The van der Waals surface area contributed by atoms with Crippen LogP contribution in [-0.2, 0) is 24.4 Å². The number of para-hydroxylation sites is 1. The molecule has 0 aliphatic carbocycles. The van der Waals surface area contributed by atoms with Gasteiger partial charge in [0.05, 0.1) is 6.61 Å². The van der Waals surface area contributed by atoms with Gasteiger partial charge >= 0.3 is 6.61 Å². The van der Waals surface area contributed by atoms with Crippen LogP contribution in [0.25, 0.3) is 0 Å². The number of methoxy groups -OCH3 is 1. The van der Waals surface area contributed by atoms with E-state index >= 15 is 0 Å². The first-order valence-corrected chi connectivity index (χ1v) is 8.27. The Morgan fingerprint density at radius 1 is 1.07 bits per heavy atom. The molecule has 0 aliphatic rings. The molecule has 5 nitrogen and oxygen atoms in total. The molecule has 0 saturated carbocycles. The maximum Gasteiger partial charge on any atom is 0.387 e. The fourth-order valence-electron chi connectivity index (χ4n) is 2.45. The zero-order valence-corrected chi connectivity index (χ0v) is 17.9. The molecule has 0 fully saturated rings. The SMILES string of the molecule is CN=C(NCc1ccc(F)c(COC)c1)NCc1ccccc1OC(F)F.I. The van der Waals surface area contributed by atoms with Gasteiger partial charge in [0.15, 0.2) is 5.96 Å². The first-order valence-electron chi connectivity index (χ1n) is 8.27. The molecule has 154 valence electrons. The van der Waals surface area contributed by atoms with E-state index in [-0.39, 0.29) is 48.7 Å². The number of guanidine groups is 1. The summed E-state index contributed by atoms with van der Waals surface area (Å²) in [6, 6.07) is 11.3. The topological polar surface area (TPSA) is 54.9 Å². The first-order chi connectivity index (χ1) is 13.0. The summed E-state index contributed by atoms with van der Waals surface area (Å²) in [4.78, 5) is 4.09. The Labute approximate surface area is 179 Å². The van der Waals surface area contributed by atoms with E-state index in [1.54, 1.807) is 37.4 Å². The lowest BCUT2D eigenvalue weighted by molar-refractivity contribution is -0.0504. The molecule has 2 aromatic rings. The highest BCUT2D eigenvalue weighted by molar-refractivity contribution is 14.0. The smallest absolute Gasteiger partial charge is 0.387 e. The highest BCUT2D eigenvalue weighted by Gasteiger charge is 2.10. The van der Waals surface area contributed by atoms with Crippen LogP contribution in [0.1, 0.15) is 16.7 Å². The van der Waals surface area contributed by atoms with Crippen LogP contribution in [0.15, 0.2) is 47.5 Å². The molecule has 0 aromatic heterocycles. The van der Waals surface area contributed by atoms with Crippen LogP contribution < -0.4 is 15.4 Å². The predicted molar refractivity (Wildman–Crippen MR) is 113 cm³/mol. The number of halogens is 4. The second-order valence-corrected chi connectivity index (χ2v) is 5.62. The van der Waals surface area contributed by atoms with Crippen LogP contribution in [-0.4, -0.2) is 26.7 Å². The highest BCUT2D eigenvalue weighted by Crippen LogP contribution is 2.20. The van der Waals surface area contributed by atoms with Gasteiger partial charge in [-0.15, -0.1) is 24.0 Å². The molecule has 0 bridgehead atoms. The molecule has 0 saturated heterocycles. The summed E-state index contributed by atoms with van der Waals surface area (Å²) in [5.41, 5.74) is 1.90. The molecule has 28 heavy (non-hydrogen) atoms. The van der Waals surface area contributed by atoms with E-state index < -0.39 is 6.61 Å². The van der Waals surface area contributed by atoms with Crippen molar-refractivity contribution in [3.05, 3.63) is 65.0 Å². The zero-order valence-electron chi connectivity index (χ0n) is 15.5. The van der Waals surface area contributed by atoms with Crippen molar-refractivity contribution in [1.29, 1.82) is 0 Å². The standard InChI is InChI=1S/C19H22F3N3O2.HI/c1-23-19(24-10-13-7-8-16(20)15(9-13)12-26-2)25-11-14-5-3-4-6-17(14)27-18(21)22;/h3-9,18H,10-12H2,1-2H3,(H2,23,24,25);1H. The molecular formula is C19H23F3IN3O2. The molecule has 9 heteroatoms. The van der Waals surface area contributed by atoms with Gasteiger partial charge in [-0.3, -0.25) is 4.99 Å². The number of ether oxygens (including phenoxy) is 2. The van der Waals surface area contributed by atoms with Gasteiger partial charge in [0.2, 0.25) is 0 Å². The second kappa shape index (κ2) is 12.4. The van der Waals surface area contributed by atoms with Crippen molar-refractivity contribution in [3.63, 3.8) is 0 Å². The van der Waals surface area contributed by atoms with Gasteiger partial charge in [0.1, 0.15) is 11.6 Å². The van der Waals surface area contributed by atoms with E-state index in [4.69, 9.17) is 4.74 Å². The van der Waals surface area contributed by atoms with Gasteiger partial charge < -0.3 is 20.1 Å². The summed E-state index contributed by atoms with van der Waals surface area (Å²) in [6.07, 6.45) is 0. The van der Waals surface area contributed by atoms with Crippen LogP contribution >= 0.6 is 24.0 Å². The lowest BCUT2D eigenvalue weighted by atomic mass is 10.1. The maximum atomic E-state index is 13.7. The zero-order chi connectivity index (χ0) is 19.6. The van der Waals surface area contributed by atoms with Crippen molar-refractivity contribution in [1.82, 2.24) is 10.6 Å². The van der Waals surface area contributed by atoms with Gasteiger partial charge in [-0.25, -0.2) is 4.39 Å². The second-order valence-electron chi connectivity index (χ2n) is 5.62. The number of hydrogen-bond acceptors (Lipinski definition) is 3. The van der Waals surface area contributed by atoms with Crippen LogP contribution in [0.2, 0.25) is 0 Å². The Morgan fingerprint density at radius 2 is 1.79 bits per heavy atom. The lowest BCUT2D eigenvalue weighted by Crippen LogP contribution is -2.36. The van der Waals surface area contributed by atoms with E-state index in [1.165, 1.54) is 19.2 Å². The molecule has 2 aromatic carbocycles. The Morgan fingerprint density at radius 3 is 2.46 bits per heavy atom. The van der Waals surface area contributed by atoms with E-state index in [0.717, 1.165) is 5.56 Å². The largest absolute Gasteiger partial charge is 0.434 e. The Bertz CT molecular complexity index is 776. The van der Waals surface area contributed by atoms with Crippen molar-refractivity contribution in [2.75, 3.05) is 14.2 Å². The van der Waals surface area contributed by atoms with Crippen molar-refractivity contribution < 1.29 is 22.6 Å². The fraction of sp³-hybridized carbons (Fsp3) is 0.316. The summed E-state index contributed by atoms with van der Waals surface area (Å²) in [7, 11) is 3.10. The molecule has 0 amide bonds. The van der Waals surface area contributed by atoms with Gasteiger partial charge in [0, 0.05) is 38.4 Å². The monoisotopic (exact) mass is 509 g/mol. The van der Waals surface area contributed by atoms with Crippen molar-refractivity contribution in [2.24, 2.45) is 4.99 Å². The number of nitrogens with zero attached hydrogens (tertiary/aromatic N) is 1. The molecule has 0 spiro atoms. The van der Waals surface area contributed by atoms with E-state index in [9.17, 15) is 13.2 Å². The van der Waals surface area contributed by atoms with Crippen molar-refractivity contribution in [3.8, 4) is 5.75 Å². The molecular weight excluding hydrogens is 486 g/mol.